The smallest absolute Gasteiger partial charge is 0.339 e. The van der Waals surface area contributed by atoms with Gasteiger partial charge >= 0.3 is 5.97 Å². The molecular weight excluding hydrogens is 290 g/mol. The van der Waals surface area contributed by atoms with Crippen molar-refractivity contribution in [1.82, 2.24) is 4.98 Å². The minimum Gasteiger partial charge on any atom is -0.497 e. The lowest BCUT2D eigenvalue weighted by molar-refractivity contribution is 0.0693. The van der Waals surface area contributed by atoms with Gasteiger partial charge in [-0.1, -0.05) is 0 Å². The molecule has 0 radical (unpaired) electrons. The van der Waals surface area contributed by atoms with Gasteiger partial charge in [0.25, 0.3) is 0 Å². The number of benzene rings is 1. The molecule has 5 nitrogen and oxygen atoms in total. The Kier molecular flexibility index (Phi) is 3.45. The zero-order valence-electron chi connectivity index (χ0n) is 11.1. The Labute approximate surface area is 124 Å². The average Bonchev–Trinajstić information content (AvgIpc) is 2.97. The van der Waals surface area contributed by atoms with Gasteiger partial charge in [0, 0.05) is 10.9 Å². The van der Waals surface area contributed by atoms with Crippen molar-refractivity contribution in [3.05, 3.63) is 47.5 Å². The topological polar surface area (TPSA) is 68.7 Å². The van der Waals surface area contributed by atoms with Crippen LogP contribution in [0.1, 0.15) is 10.4 Å². The van der Waals surface area contributed by atoms with Gasteiger partial charge in [-0.05, 0) is 35.7 Å². The number of pyridine rings is 1. The van der Waals surface area contributed by atoms with E-state index in [0.717, 1.165) is 10.1 Å². The summed E-state index contributed by atoms with van der Waals surface area (Å²) in [5, 5.41) is 12.1. The SMILES string of the molecule is COc1ccc(Oc2nccc3sccc23)c(C(=O)O)c1. The Morgan fingerprint density at radius 2 is 2.14 bits per heavy atom. The monoisotopic (exact) mass is 301 g/mol. The Morgan fingerprint density at radius 3 is 2.90 bits per heavy atom. The average molecular weight is 301 g/mol. The van der Waals surface area contributed by atoms with Gasteiger partial charge in [-0.25, -0.2) is 9.78 Å². The summed E-state index contributed by atoms with van der Waals surface area (Å²) in [6.45, 7) is 0. The molecule has 0 saturated carbocycles. The van der Waals surface area contributed by atoms with E-state index in [1.165, 1.54) is 13.2 Å². The second-order valence-corrected chi connectivity index (χ2v) is 5.17. The Morgan fingerprint density at radius 1 is 1.29 bits per heavy atom. The first-order valence-corrected chi connectivity index (χ1v) is 6.98. The summed E-state index contributed by atoms with van der Waals surface area (Å²) in [6, 6.07) is 8.42. The summed E-state index contributed by atoms with van der Waals surface area (Å²) in [5.74, 6) is -0.00115. The van der Waals surface area contributed by atoms with Crippen molar-refractivity contribution >= 4 is 27.4 Å². The number of aromatic carboxylic acids is 1. The van der Waals surface area contributed by atoms with Gasteiger partial charge < -0.3 is 14.6 Å². The standard InChI is InChI=1S/C15H11NO4S/c1-19-9-2-3-12(11(8-9)15(17)18)20-14-10-5-7-21-13(10)4-6-16-14/h2-8H,1H3,(H,17,18). The molecule has 0 aliphatic heterocycles. The lowest BCUT2D eigenvalue weighted by Gasteiger charge is -2.10. The quantitative estimate of drug-likeness (QED) is 0.794. The van der Waals surface area contributed by atoms with Crippen molar-refractivity contribution in [3.8, 4) is 17.4 Å². The number of fused-ring (bicyclic) bond motifs is 1. The fourth-order valence-corrected chi connectivity index (χ4v) is 2.72. The molecule has 0 spiro atoms. The Hall–Kier alpha value is -2.60. The van der Waals surface area contributed by atoms with Crippen molar-refractivity contribution in [2.45, 2.75) is 0 Å². The maximum absolute atomic E-state index is 11.3. The number of hydrogen-bond donors (Lipinski definition) is 1. The number of hydrogen-bond acceptors (Lipinski definition) is 5. The molecule has 0 aliphatic carbocycles. The summed E-state index contributed by atoms with van der Waals surface area (Å²) >= 11 is 1.57. The van der Waals surface area contributed by atoms with Crippen LogP contribution in [0, 0.1) is 0 Å². The summed E-state index contributed by atoms with van der Waals surface area (Å²) in [6.07, 6.45) is 1.64. The third-order valence-electron chi connectivity index (χ3n) is 2.97. The van der Waals surface area contributed by atoms with Crippen LogP contribution in [0.4, 0.5) is 0 Å². The van der Waals surface area contributed by atoms with Crippen LogP contribution in [-0.2, 0) is 0 Å². The molecule has 0 amide bonds. The van der Waals surface area contributed by atoms with Crippen LogP contribution in [0.25, 0.3) is 10.1 Å². The molecule has 2 heterocycles. The second-order valence-electron chi connectivity index (χ2n) is 4.22. The third kappa shape index (κ3) is 2.53. The van der Waals surface area contributed by atoms with Gasteiger partial charge in [-0.3, -0.25) is 0 Å². The minimum atomic E-state index is -1.08. The van der Waals surface area contributed by atoms with E-state index in [0.29, 0.717) is 11.6 Å². The summed E-state index contributed by atoms with van der Waals surface area (Å²) < 4.78 is 11.8. The molecule has 0 atom stereocenters. The van der Waals surface area contributed by atoms with E-state index in [2.05, 4.69) is 4.98 Å². The second kappa shape index (κ2) is 5.41. The zero-order valence-corrected chi connectivity index (χ0v) is 11.9. The predicted octanol–water partition coefficient (Wildman–Crippen LogP) is 3.80. The number of thiophene rings is 1. The molecule has 1 N–H and O–H groups in total. The first-order chi connectivity index (χ1) is 10.2. The van der Waals surface area contributed by atoms with E-state index in [-0.39, 0.29) is 11.3 Å². The van der Waals surface area contributed by atoms with Crippen LogP contribution in [0.2, 0.25) is 0 Å². The van der Waals surface area contributed by atoms with Gasteiger partial charge in [0.2, 0.25) is 5.88 Å². The maximum atomic E-state index is 11.3. The molecule has 1 aromatic carbocycles. The van der Waals surface area contributed by atoms with E-state index < -0.39 is 5.97 Å². The van der Waals surface area contributed by atoms with Gasteiger partial charge in [-0.15, -0.1) is 11.3 Å². The number of carboxylic acid groups (broad SMARTS) is 1. The molecule has 106 valence electrons. The molecule has 0 aliphatic rings. The third-order valence-corrected chi connectivity index (χ3v) is 3.85. The molecule has 0 saturated heterocycles. The predicted molar refractivity (Wildman–Crippen MR) is 79.6 cm³/mol. The largest absolute Gasteiger partial charge is 0.497 e. The van der Waals surface area contributed by atoms with E-state index in [9.17, 15) is 9.90 Å². The number of carboxylic acids is 1. The number of methoxy groups -OCH3 is 1. The Balaban J connectivity index is 2.05. The molecule has 0 unspecified atom stereocenters. The van der Waals surface area contributed by atoms with Gasteiger partial charge in [0.05, 0.1) is 12.5 Å². The minimum absolute atomic E-state index is 0.0309. The van der Waals surface area contributed by atoms with Crippen molar-refractivity contribution < 1.29 is 19.4 Å². The molecule has 3 aromatic rings. The number of rotatable bonds is 4. The van der Waals surface area contributed by atoms with Crippen LogP contribution >= 0.6 is 11.3 Å². The van der Waals surface area contributed by atoms with Gasteiger partial charge in [0.1, 0.15) is 17.1 Å². The first kappa shape index (κ1) is 13.4. The molecule has 0 bridgehead atoms. The van der Waals surface area contributed by atoms with Crippen LogP contribution in [-0.4, -0.2) is 23.2 Å². The lowest BCUT2D eigenvalue weighted by Crippen LogP contribution is -2.01. The van der Waals surface area contributed by atoms with Gasteiger partial charge in [0.15, 0.2) is 0 Å². The molecule has 2 aromatic heterocycles. The molecular formula is C15H11NO4S. The molecule has 0 fully saturated rings. The zero-order chi connectivity index (χ0) is 14.8. The summed E-state index contributed by atoms with van der Waals surface area (Å²) in [7, 11) is 1.48. The highest BCUT2D eigenvalue weighted by Crippen LogP contribution is 2.33. The molecule has 6 heteroatoms. The van der Waals surface area contributed by atoms with Gasteiger partial charge in [-0.2, -0.15) is 0 Å². The number of ether oxygens (including phenoxy) is 2. The van der Waals surface area contributed by atoms with E-state index in [4.69, 9.17) is 9.47 Å². The number of carbonyl (C=O) groups is 1. The fraction of sp³-hybridized carbons (Fsp3) is 0.0667. The highest BCUT2D eigenvalue weighted by molar-refractivity contribution is 7.17. The van der Waals surface area contributed by atoms with E-state index in [1.54, 1.807) is 29.7 Å². The van der Waals surface area contributed by atoms with E-state index in [1.807, 2.05) is 17.5 Å². The van der Waals surface area contributed by atoms with Crippen molar-refractivity contribution in [2.75, 3.05) is 7.11 Å². The molecule has 21 heavy (non-hydrogen) atoms. The van der Waals surface area contributed by atoms with Crippen molar-refractivity contribution in [3.63, 3.8) is 0 Å². The van der Waals surface area contributed by atoms with Crippen LogP contribution in [0.3, 0.4) is 0 Å². The number of nitrogens with zero attached hydrogens (tertiary/aromatic N) is 1. The van der Waals surface area contributed by atoms with Crippen LogP contribution in [0.15, 0.2) is 41.9 Å². The highest BCUT2D eigenvalue weighted by Gasteiger charge is 2.15. The van der Waals surface area contributed by atoms with Crippen LogP contribution in [0.5, 0.6) is 17.4 Å². The molecule has 3 rings (SSSR count). The normalized spacial score (nSPS) is 10.5. The number of aromatic nitrogens is 1. The Bertz CT molecular complexity index is 812. The van der Waals surface area contributed by atoms with Crippen LogP contribution < -0.4 is 9.47 Å². The van der Waals surface area contributed by atoms with Crippen molar-refractivity contribution in [1.29, 1.82) is 0 Å². The maximum Gasteiger partial charge on any atom is 0.339 e. The van der Waals surface area contributed by atoms with E-state index >= 15 is 0 Å². The fourth-order valence-electron chi connectivity index (χ4n) is 1.95. The highest BCUT2D eigenvalue weighted by atomic mass is 32.1. The summed E-state index contributed by atoms with van der Waals surface area (Å²) in [5.41, 5.74) is 0.0309. The first-order valence-electron chi connectivity index (χ1n) is 6.10. The lowest BCUT2D eigenvalue weighted by atomic mass is 10.2. The van der Waals surface area contributed by atoms with Crippen molar-refractivity contribution in [2.24, 2.45) is 0 Å². The summed E-state index contributed by atoms with van der Waals surface area (Å²) in [4.78, 5) is 15.5.